The van der Waals surface area contributed by atoms with Crippen LogP contribution in [0.1, 0.15) is 31.2 Å². The minimum absolute atomic E-state index is 0.0430. The second-order valence-corrected chi connectivity index (χ2v) is 4.57. The van der Waals surface area contributed by atoms with Crippen LogP contribution in [0.5, 0.6) is 11.5 Å². The quantitative estimate of drug-likeness (QED) is 0.822. The van der Waals surface area contributed by atoms with Gasteiger partial charge in [-0.15, -0.1) is 0 Å². The second kappa shape index (κ2) is 4.34. The number of nitrogens with two attached hydrogens (primary N) is 1. The van der Waals surface area contributed by atoms with E-state index in [0.717, 1.165) is 24.2 Å². The molecule has 3 heteroatoms. The Balaban J connectivity index is 2.44. The van der Waals surface area contributed by atoms with E-state index in [4.69, 9.17) is 10.5 Å². The van der Waals surface area contributed by atoms with Gasteiger partial charge in [0.05, 0.1) is 7.11 Å². The summed E-state index contributed by atoms with van der Waals surface area (Å²) in [7, 11) is 1.64. The first kappa shape index (κ1) is 11.3. The molecule has 0 amide bonds. The molecule has 16 heavy (non-hydrogen) atoms. The van der Waals surface area contributed by atoms with Gasteiger partial charge in [-0.2, -0.15) is 0 Å². The molecule has 0 atom stereocenters. The van der Waals surface area contributed by atoms with Crippen LogP contribution in [0.4, 0.5) is 0 Å². The van der Waals surface area contributed by atoms with Crippen molar-refractivity contribution in [3.05, 3.63) is 23.8 Å². The molecule has 0 bridgehead atoms. The molecule has 0 aromatic heterocycles. The normalized spacial score (nSPS) is 18.6. The zero-order valence-corrected chi connectivity index (χ0v) is 9.70. The van der Waals surface area contributed by atoms with Crippen molar-refractivity contribution in [1.29, 1.82) is 0 Å². The summed E-state index contributed by atoms with van der Waals surface area (Å²) >= 11 is 0. The van der Waals surface area contributed by atoms with Gasteiger partial charge < -0.3 is 15.6 Å². The molecule has 2 rings (SSSR count). The Labute approximate surface area is 96.2 Å². The van der Waals surface area contributed by atoms with Crippen molar-refractivity contribution in [2.75, 3.05) is 13.7 Å². The van der Waals surface area contributed by atoms with E-state index in [1.165, 1.54) is 12.8 Å². The van der Waals surface area contributed by atoms with Crippen molar-refractivity contribution in [3.63, 3.8) is 0 Å². The predicted octanol–water partition coefficient (Wildman–Crippen LogP) is 2.17. The summed E-state index contributed by atoms with van der Waals surface area (Å²) in [5.74, 6) is 1.13. The van der Waals surface area contributed by atoms with Gasteiger partial charge in [-0.1, -0.05) is 12.8 Å². The van der Waals surface area contributed by atoms with Gasteiger partial charge >= 0.3 is 0 Å². The van der Waals surface area contributed by atoms with Crippen LogP contribution in [-0.4, -0.2) is 18.8 Å². The van der Waals surface area contributed by atoms with E-state index in [0.29, 0.717) is 12.3 Å². The van der Waals surface area contributed by atoms with Gasteiger partial charge in [0.2, 0.25) is 0 Å². The van der Waals surface area contributed by atoms with Crippen molar-refractivity contribution in [2.45, 2.75) is 31.1 Å². The first-order chi connectivity index (χ1) is 7.72. The fourth-order valence-electron chi connectivity index (χ4n) is 2.70. The molecule has 0 heterocycles. The molecule has 0 radical (unpaired) electrons. The zero-order valence-electron chi connectivity index (χ0n) is 9.70. The summed E-state index contributed by atoms with van der Waals surface area (Å²) in [5.41, 5.74) is 6.82. The molecule has 0 aliphatic heterocycles. The number of phenols is 1. The standard InChI is InChI=1S/C13H19NO2/c1-16-10-4-5-12(15)11(8-10)13(9-14)6-2-3-7-13/h4-5,8,15H,2-3,6-7,9,14H2,1H3. The third-order valence-electron chi connectivity index (χ3n) is 3.73. The fraction of sp³-hybridized carbons (Fsp3) is 0.538. The minimum atomic E-state index is -0.0430. The van der Waals surface area contributed by atoms with E-state index in [2.05, 4.69) is 0 Å². The molecule has 1 aliphatic rings. The summed E-state index contributed by atoms with van der Waals surface area (Å²) < 4.78 is 5.21. The molecule has 0 saturated heterocycles. The first-order valence-electron chi connectivity index (χ1n) is 5.79. The van der Waals surface area contributed by atoms with Crippen LogP contribution in [-0.2, 0) is 5.41 Å². The number of methoxy groups -OCH3 is 1. The predicted molar refractivity (Wildman–Crippen MR) is 63.9 cm³/mol. The van der Waals surface area contributed by atoms with Crippen LogP contribution in [0.15, 0.2) is 18.2 Å². The maximum absolute atomic E-state index is 9.98. The molecule has 88 valence electrons. The molecule has 1 aliphatic carbocycles. The monoisotopic (exact) mass is 221 g/mol. The topological polar surface area (TPSA) is 55.5 Å². The Morgan fingerprint density at radius 3 is 2.62 bits per heavy atom. The molecule has 1 fully saturated rings. The van der Waals surface area contributed by atoms with Gasteiger partial charge in [-0.3, -0.25) is 0 Å². The average Bonchev–Trinajstić information content (AvgIpc) is 2.79. The lowest BCUT2D eigenvalue weighted by atomic mass is 9.78. The lowest BCUT2D eigenvalue weighted by Crippen LogP contribution is -2.32. The molecule has 1 saturated carbocycles. The largest absolute Gasteiger partial charge is 0.508 e. The number of rotatable bonds is 3. The maximum atomic E-state index is 9.98. The number of aromatic hydroxyl groups is 1. The third-order valence-corrected chi connectivity index (χ3v) is 3.73. The Bertz CT molecular complexity index is 370. The molecule has 0 spiro atoms. The van der Waals surface area contributed by atoms with Crippen molar-refractivity contribution < 1.29 is 9.84 Å². The van der Waals surface area contributed by atoms with E-state index in [1.807, 2.05) is 6.07 Å². The number of hydrogen-bond acceptors (Lipinski definition) is 3. The van der Waals surface area contributed by atoms with Crippen LogP contribution in [0.3, 0.4) is 0 Å². The number of benzene rings is 1. The lowest BCUT2D eigenvalue weighted by molar-refractivity contribution is 0.389. The molecule has 3 nitrogen and oxygen atoms in total. The Kier molecular flexibility index (Phi) is 3.06. The van der Waals surface area contributed by atoms with Crippen LogP contribution in [0, 0.1) is 0 Å². The molecular formula is C13H19NO2. The van der Waals surface area contributed by atoms with Crippen LogP contribution in [0.25, 0.3) is 0 Å². The van der Waals surface area contributed by atoms with Crippen LogP contribution in [0.2, 0.25) is 0 Å². The Morgan fingerprint density at radius 1 is 1.38 bits per heavy atom. The van der Waals surface area contributed by atoms with Crippen LogP contribution < -0.4 is 10.5 Å². The maximum Gasteiger partial charge on any atom is 0.119 e. The van der Waals surface area contributed by atoms with E-state index in [-0.39, 0.29) is 5.41 Å². The lowest BCUT2D eigenvalue weighted by Gasteiger charge is -2.28. The van der Waals surface area contributed by atoms with Gasteiger partial charge in [0.25, 0.3) is 0 Å². The van der Waals surface area contributed by atoms with Gasteiger partial charge in [0, 0.05) is 17.5 Å². The van der Waals surface area contributed by atoms with E-state index in [1.54, 1.807) is 19.2 Å². The fourth-order valence-corrected chi connectivity index (χ4v) is 2.70. The number of hydrogen-bond donors (Lipinski definition) is 2. The summed E-state index contributed by atoms with van der Waals surface area (Å²) in [5, 5.41) is 9.98. The van der Waals surface area contributed by atoms with Crippen molar-refractivity contribution in [3.8, 4) is 11.5 Å². The van der Waals surface area contributed by atoms with Gasteiger partial charge in [0.15, 0.2) is 0 Å². The summed E-state index contributed by atoms with van der Waals surface area (Å²) in [6.45, 7) is 0.591. The molecule has 1 aromatic carbocycles. The highest BCUT2D eigenvalue weighted by Gasteiger charge is 2.36. The van der Waals surface area contributed by atoms with Crippen molar-refractivity contribution >= 4 is 0 Å². The molecule has 0 unspecified atom stereocenters. The zero-order chi connectivity index (χ0) is 11.6. The van der Waals surface area contributed by atoms with Crippen molar-refractivity contribution in [1.82, 2.24) is 0 Å². The second-order valence-electron chi connectivity index (χ2n) is 4.57. The Hall–Kier alpha value is -1.22. The van der Waals surface area contributed by atoms with E-state index in [9.17, 15) is 5.11 Å². The van der Waals surface area contributed by atoms with Gasteiger partial charge in [-0.25, -0.2) is 0 Å². The summed E-state index contributed by atoms with van der Waals surface area (Å²) in [6, 6.07) is 5.40. The molecular weight excluding hydrogens is 202 g/mol. The first-order valence-corrected chi connectivity index (χ1v) is 5.79. The third kappa shape index (κ3) is 1.76. The highest BCUT2D eigenvalue weighted by atomic mass is 16.5. The smallest absolute Gasteiger partial charge is 0.119 e. The average molecular weight is 221 g/mol. The number of phenolic OH excluding ortho intramolecular Hbond substituents is 1. The van der Waals surface area contributed by atoms with E-state index >= 15 is 0 Å². The van der Waals surface area contributed by atoms with Gasteiger partial charge in [0.1, 0.15) is 11.5 Å². The molecule has 3 N–H and O–H groups in total. The van der Waals surface area contributed by atoms with Crippen molar-refractivity contribution in [2.24, 2.45) is 5.73 Å². The molecule has 1 aromatic rings. The number of ether oxygens (including phenoxy) is 1. The minimum Gasteiger partial charge on any atom is -0.508 e. The van der Waals surface area contributed by atoms with E-state index < -0.39 is 0 Å². The van der Waals surface area contributed by atoms with Gasteiger partial charge in [-0.05, 0) is 31.0 Å². The summed E-state index contributed by atoms with van der Waals surface area (Å²) in [4.78, 5) is 0. The highest BCUT2D eigenvalue weighted by molar-refractivity contribution is 5.45. The Morgan fingerprint density at radius 2 is 2.06 bits per heavy atom. The highest BCUT2D eigenvalue weighted by Crippen LogP contribution is 2.44. The summed E-state index contributed by atoms with van der Waals surface area (Å²) in [6.07, 6.45) is 4.50. The van der Waals surface area contributed by atoms with Crippen LogP contribution >= 0.6 is 0 Å². The SMILES string of the molecule is COc1ccc(O)c(C2(CN)CCCC2)c1.